The zero-order valence-electron chi connectivity index (χ0n) is 12.1. The number of hydrogen-bond donors (Lipinski definition) is 1. The summed E-state index contributed by atoms with van der Waals surface area (Å²) < 4.78 is 19.9. The average Bonchev–Trinajstić information content (AvgIpc) is 2.42. The smallest absolute Gasteiger partial charge is 0.127 e. The molecule has 1 aromatic rings. The van der Waals surface area contributed by atoms with Crippen LogP contribution in [-0.4, -0.2) is 23.1 Å². The molecule has 0 aliphatic carbocycles. The minimum atomic E-state index is -0.216. The Bertz CT molecular complexity index is 495. The van der Waals surface area contributed by atoms with E-state index in [9.17, 15) is 4.39 Å². The Morgan fingerprint density at radius 3 is 3.10 bits per heavy atom. The zero-order chi connectivity index (χ0) is 14.2. The molecular weight excluding hydrogens is 273 g/mol. The van der Waals surface area contributed by atoms with Crippen LogP contribution in [0.25, 0.3) is 0 Å². The van der Waals surface area contributed by atoms with Crippen LogP contribution in [0.4, 0.5) is 4.39 Å². The van der Waals surface area contributed by atoms with Crippen LogP contribution >= 0.6 is 11.8 Å². The first-order chi connectivity index (χ1) is 9.64. The fourth-order valence-electron chi connectivity index (χ4n) is 3.42. The highest BCUT2D eigenvalue weighted by atomic mass is 32.2. The number of thioether (sulfide) groups is 1. The molecule has 0 aromatic heterocycles. The number of ether oxygens (including phenoxy) is 1. The van der Waals surface area contributed by atoms with Gasteiger partial charge in [0.1, 0.15) is 17.2 Å². The first-order valence-electron chi connectivity index (χ1n) is 7.48. The van der Waals surface area contributed by atoms with Crippen LogP contribution in [0, 0.1) is 5.82 Å². The van der Waals surface area contributed by atoms with Gasteiger partial charge in [-0.3, -0.25) is 0 Å². The molecule has 1 N–H and O–H groups in total. The summed E-state index contributed by atoms with van der Waals surface area (Å²) in [5.74, 6) is 1.72. The topological polar surface area (TPSA) is 21.3 Å². The third kappa shape index (κ3) is 2.44. The van der Waals surface area contributed by atoms with E-state index in [0.29, 0.717) is 5.25 Å². The molecule has 0 amide bonds. The lowest BCUT2D eigenvalue weighted by atomic mass is 9.81. The van der Waals surface area contributed by atoms with E-state index in [1.54, 1.807) is 6.07 Å². The third-order valence-corrected chi connectivity index (χ3v) is 5.97. The lowest BCUT2D eigenvalue weighted by Crippen LogP contribution is -2.52. The maximum Gasteiger partial charge on any atom is 0.127 e. The Balaban J connectivity index is 1.98. The van der Waals surface area contributed by atoms with Gasteiger partial charge >= 0.3 is 0 Å². The molecule has 2 nitrogen and oxygen atoms in total. The van der Waals surface area contributed by atoms with E-state index in [1.807, 2.05) is 17.8 Å². The van der Waals surface area contributed by atoms with E-state index >= 15 is 0 Å². The minimum Gasteiger partial charge on any atom is -0.486 e. The summed E-state index contributed by atoms with van der Waals surface area (Å²) in [6.45, 7) is 5.28. The summed E-state index contributed by atoms with van der Waals surface area (Å²) in [6.07, 6.45) is 3.23. The number of nitrogens with one attached hydrogen (secondary N) is 1. The molecule has 1 fully saturated rings. The number of benzene rings is 1. The van der Waals surface area contributed by atoms with Gasteiger partial charge in [0.2, 0.25) is 0 Å². The van der Waals surface area contributed by atoms with Crippen LogP contribution in [0.1, 0.15) is 44.7 Å². The molecule has 0 saturated carbocycles. The van der Waals surface area contributed by atoms with E-state index in [0.717, 1.165) is 30.7 Å². The van der Waals surface area contributed by atoms with Gasteiger partial charge in [-0.05, 0) is 38.1 Å². The van der Waals surface area contributed by atoms with Gasteiger partial charge in [0, 0.05) is 29.3 Å². The normalized spacial score (nSPS) is 32.8. The van der Waals surface area contributed by atoms with Crippen molar-refractivity contribution in [2.75, 3.05) is 12.3 Å². The molecule has 1 saturated heterocycles. The van der Waals surface area contributed by atoms with Crippen molar-refractivity contribution in [2.45, 2.75) is 50.0 Å². The zero-order valence-corrected chi connectivity index (χ0v) is 12.9. The summed E-state index contributed by atoms with van der Waals surface area (Å²) in [7, 11) is 0. The molecule has 110 valence electrons. The maximum absolute atomic E-state index is 13.6. The number of halogens is 1. The van der Waals surface area contributed by atoms with E-state index in [2.05, 4.69) is 19.2 Å². The van der Waals surface area contributed by atoms with Crippen molar-refractivity contribution >= 4 is 11.8 Å². The predicted molar refractivity (Wildman–Crippen MR) is 81.9 cm³/mol. The predicted octanol–water partition coefficient (Wildman–Crippen LogP) is 3.91. The minimum absolute atomic E-state index is 0.142. The summed E-state index contributed by atoms with van der Waals surface area (Å²) in [6, 6.07) is 5.22. The van der Waals surface area contributed by atoms with E-state index in [-0.39, 0.29) is 17.5 Å². The van der Waals surface area contributed by atoms with Crippen LogP contribution in [-0.2, 0) is 0 Å². The van der Waals surface area contributed by atoms with Gasteiger partial charge in [-0.2, -0.15) is 11.8 Å². The van der Waals surface area contributed by atoms with Gasteiger partial charge in [0.05, 0.1) is 0 Å². The molecule has 20 heavy (non-hydrogen) atoms. The number of rotatable bonds is 2. The van der Waals surface area contributed by atoms with Crippen LogP contribution in [0.15, 0.2) is 18.2 Å². The Kier molecular flexibility index (Phi) is 3.95. The first-order valence-corrected chi connectivity index (χ1v) is 8.53. The largest absolute Gasteiger partial charge is 0.486 e. The molecule has 2 aliphatic rings. The molecular formula is C16H22FNOS. The van der Waals surface area contributed by atoms with Crippen molar-refractivity contribution in [2.24, 2.45) is 0 Å². The van der Waals surface area contributed by atoms with Gasteiger partial charge in [-0.15, -0.1) is 0 Å². The second-order valence-electron chi connectivity index (χ2n) is 5.78. The monoisotopic (exact) mass is 295 g/mol. The van der Waals surface area contributed by atoms with E-state index in [4.69, 9.17) is 4.74 Å². The van der Waals surface area contributed by atoms with Crippen LogP contribution in [0.3, 0.4) is 0 Å². The molecule has 1 aromatic carbocycles. The van der Waals surface area contributed by atoms with E-state index in [1.165, 1.54) is 18.2 Å². The Morgan fingerprint density at radius 1 is 1.50 bits per heavy atom. The highest BCUT2D eigenvalue weighted by Crippen LogP contribution is 2.48. The van der Waals surface area contributed by atoms with Crippen molar-refractivity contribution in [3.8, 4) is 5.75 Å². The van der Waals surface area contributed by atoms with Crippen LogP contribution in [0.2, 0.25) is 0 Å². The SMILES string of the molecule is CCNC1CC2(CCCSC2C)Oc2cc(F)ccc21. The Morgan fingerprint density at radius 2 is 2.35 bits per heavy atom. The summed E-state index contributed by atoms with van der Waals surface area (Å²) in [5.41, 5.74) is 0.956. The standard InChI is InChI=1S/C16H22FNOS/c1-3-18-14-10-16(7-4-8-20-11(16)2)19-15-9-12(17)5-6-13(14)15/h5-6,9,11,14,18H,3-4,7-8,10H2,1-2H3. The van der Waals surface area contributed by atoms with Gasteiger partial charge in [-0.1, -0.05) is 13.0 Å². The van der Waals surface area contributed by atoms with E-state index < -0.39 is 0 Å². The van der Waals surface area contributed by atoms with Crippen LogP contribution < -0.4 is 10.1 Å². The summed E-state index contributed by atoms with van der Waals surface area (Å²) >= 11 is 1.98. The van der Waals surface area contributed by atoms with Crippen molar-refractivity contribution < 1.29 is 9.13 Å². The number of fused-ring (bicyclic) bond motifs is 1. The van der Waals surface area contributed by atoms with Crippen LogP contribution in [0.5, 0.6) is 5.75 Å². The van der Waals surface area contributed by atoms with Gasteiger partial charge in [0.25, 0.3) is 0 Å². The fraction of sp³-hybridized carbons (Fsp3) is 0.625. The maximum atomic E-state index is 13.6. The summed E-state index contributed by atoms with van der Waals surface area (Å²) in [5, 5.41) is 3.99. The highest BCUT2D eigenvalue weighted by Gasteiger charge is 2.46. The summed E-state index contributed by atoms with van der Waals surface area (Å²) in [4.78, 5) is 0. The second kappa shape index (κ2) is 5.57. The molecule has 2 heterocycles. The lowest BCUT2D eigenvalue weighted by molar-refractivity contribution is 0.0202. The van der Waals surface area contributed by atoms with Gasteiger partial charge in [0.15, 0.2) is 0 Å². The Hall–Kier alpha value is -0.740. The molecule has 2 aliphatic heterocycles. The lowest BCUT2D eigenvalue weighted by Gasteiger charge is -2.48. The molecule has 3 rings (SSSR count). The molecule has 3 unspecified atom stereocenters. The fourth-order valence-corrected chi connectivity index (χ4v) is 4.65. The molecule has 4 heteroatoms. The molecule has 0 bridgehead atoms. The highest BCUT2D eigenvalue weighted by molar-refractivity contribution is 8.00. The van der Waals surface area contributed by atoms with Crippen molar-refractivity contribution in [1.82, 2.24) is 5.32 Å². The number of hydrogen-bond acceptors (Lipinski definition) is 3. The molecule has 3 atom stereocenters. The van der Waals surface area contributed by atoms with Gasteiger partial charge in [-0.25, -0.2) is 4.39 Å². The molecule has 0 radical (unpaired) electrons. The van der Waals surface area contributed by atoms with Crippen molar-refractivity contribution in [3.05, 3.63) is 29.6 Å². The Labute approximate surface area is 124 Å². The first kappa shape index (κ1) is 14.2. The average molecular weight is 295 g/mol. The van der Waals surface area contributed by atoms with Crippen molar-refractivity contribution in [1.29, 1.82) is 0 Å². The van der Waals surface area contributed by atoms with Crippen molar-refractivity contribution in [3.63, 3.8) is 0 Å². The third-order valence-electron chi connectivity index (χ3n) is 4.52. The van der Waals surface area contributed by atoms with Gasteiger partial charge < -0.3 is 10.1 Å². The second-order valence-corrected chi connectivity index (χ2v) is 7.23. The molecule has 1 spiro atoms. The quantitative estimate of drug-likeness (QED) is 0.893.